The number of hydrogen-bond donors (Lipinski definition) is 0. The van der Waals surface area contributed by atoms with E-state index in [1.807, 2.05) is 29.5 Å². The second kappa shape index (κ2) is 14.0. The van der Waals surface area contributed by atoms with Crippen molar-refractivity contribution in [2.75, 3.05) is 0 Å². The second-order valence-corrected chi connectivity index (χ2v) is 18.0. The lowest BCUT2D eigenvalue weighted by Crippen LogP contribution is -2.00. The first-order chi connectivity index (χ1) is 30.7. The van der Waals surface area contributed by atoms with Crippen molar-refractivity contribution in [3.8, 4) is 56.4 Å². The zero-order chi connectivity index (χ0) is 40.7. The predicted octanol–water partition coefficient (Wildman–Crippen LogP) is 16.4. The van der Waals surface area contributed by atoms with E-state index in [9.17, 15) is 0 Å². The van der Waals surface area contributed by atoms with Crippen LogP contribution in [0.25, 0.3) is 129 Å². The van der Waals surface area contributed by atoms with Crippen LogP contribution in [0.4, 0.5) is 0 Å². The Morgan fingerprint density at radius 3 is 1.44 bits per heavy atom. The normalized spacial score (nSPS) is 11.9. The molecule has 3 aromatic heterocycles. The third-order valence-electron chi connectivity index (χ3n) is 12.3. The van der Waals surface area contributed by atoms with Crippen LogP contribution >= 0.6 is 22.7 Å². The van der Waals surface area contributed by atoms with E-state index in [0.717, 1.165) is 22.3 Å². The van der Waals surface area contributed by atoms with E-state index in [0.29, 0.717) is 17.5 Å². The molecular weight excluding hydrogens is 791 g/mol. The van der Waals surface area contributed by atoms with Gasteiger partial charge in [0.1, 0.15) is 0 Å². The summed E-state index contributed by atoms with van der Waals surface area (Å²) in [4.78, 5) is 15.6. The molecule has 0 aliphatic carbocycles. The maximum Gasteiger partial charge on any atom is 0.164 e. The number of aromatic nitrogens is 3. The lowest BCUT2D eigenvalue weighted by atomic mass is 9.91. The summed E-state index contributed by atoms with van der Waals surface area (Å²) in [6.07, 6.45) is 0. The van der Waals surface area contributed by atoms with Crippen LogP contribution in [0.2, 0.25) is 0 Å². The van der Waals surface area contributed by atoms with Crippen LogP contribution in [-0.2, 0) is 0 Å². The quantitative estimate of drug-likeness (QED) is 0.162. The average Bonchev–Trinajstić information content (AvgIpc) is 3.92. The molecule has 0 spiro atoms. The van der Waals surface area contributed by atoms with Crippen molar-refractivity contribution < 1.29 is 0 Å². The highest BCUT2D eigenvalue weighted by Gasteiger charge is 2.19. The van der Waals surface area contributed by atoms with E-state index >= 15 is 0 Å². The minimum Gasteiger partial charge on any atom is -0.208 e. The Hall–Kier alpha value is -7.57. The number of rotatable bonds is 5. The van der Waals surface area contributed by atoms with Crippen molar-refractivity contribution >= 4 is 95.3 Å². The van der Waals surface area contributed by atoms with Gasteiger partial charge in [0, 0.05) is 57.0 Å². The Bertz CT molecular complexity index is 3900. The third kappa shape index (κ3) is 5.60. The lowest BCUT2D eigenvalue weighted by molar-refractivity contribution is 1.08. The van der Waals surface area contributed by atoms with Gasteiger partial charge in [0.15, 0.2) is 17.5 Å². The molecule has 0 bridgehead atoms. The Kier molecular flexibility index (Phi) is 7.95. The van der Waals surface area contributed by atoms with Gasteiger partial charge in [-0.05, 0) is 97.0 Å². The van der Waals surface area contributed by atoms with Gasteiger partial charge in [0.2, 0.25) is 0 Å². The highest BCUT2D eigenvalue weighted by Crippen LogP contribution is 2.44. The minimum atomic E-state index is 0.647. The summed E-state index contributed by atoms with van der Waals surface area (Å²) < 4.78 is 5.01. The molecule has 5 heteroatoms. The van der Waals surface area contributed by atoms with Crippen molar-refractivity contribution in [3.05, 3.63) is 200 Å². The monoisotopic (exact) mass is 823 g/mol. The van der Waals surface area contributed by atoms with Crippen molar-refractivity contribution in [2.24, 2.45) is 0 Å². The average molecular weight is 824 g/mol. The van der Waals surface area contributed by atoms with E-state index in [-0.39, 0.29) is 0 Å². The third-order valence-corrected chi connectivity index (χ3v) is 14.6. The Balaban J connectivity index is 0.962. The van der Waals surface area contributed by atoms with Crippen LogP contribution in [-0.4, -0.2) is 15.0 Å². The van der Waals surface area contributed by atoms with Gasteiger partial charge in [-0.15, -0.1) is 22.7 Å². The smallest absolute Gasteiger partial charge is 0.164 e. The fourth-order valence-corrected chi connectivity index (χ4v) is 11.7. The van der Waals surface area contributed by atoms with Crippen LogP contribution in [0.3, 0.4) is 0 Å². The molecule has 62 heavy (non-hydrogen) atoms. The SMILES string of the molecule is c1ccc(-c2nc(-c3cccc(-c4cccc5sc6ccc(-c7ccc8c9ccccc9c9ccccc9c8c7)cc6c45)c3)nc(-c3cccc4sc5ccccc5c34)n2)cc1. The molecule has 10 aromatic carbocycles. The summed E-state index contributed by atoms with van der Waals surface area (Å²) in [5.41, 5.74) is 7.64. The lowest BCUT2D eigenvalue weighted by Gasteiger charge is -2.12. The van der Waals surface area contributed by atoms with Crippen LogP contribution in [0.1, 0.15) is 0 Å². The molecule has 0 N–H and O–H groups in total. The van der Waals surface area contributed by atoms with Crippen LogP contribution < -0.4 is 0 Å². The predicted molar refractivity (Wildman–Crippen MR) is 265 cm³/mol. The molecule has 3 heterocycles. The molecule has 3 nitrogen and oxygen atoms in total. The molecule has 0 amide bonds. The first-order valence-corrected chi connectivity index (χ1v) is 22.5. The number of fused-ring (bicyclic) bond motifs is 12. The van der Waals surface area contributed by atoms with Gasteiger partial charge in [-0.25, -0.2) is 15.0 Å². The fourth-order valence-electron chi connectivity index (χ4n) is 9.46. The molecule has 0 atom stereocenters. The summed E-state index contributed by atoms with van der Waals surface area (Å²) in [6, 6.07) is 72.2. The topological polar surface area (TPSA) is 38.7 Å². The van der Waals surface area contributed by atoms with Gasteiger partial charge in [-0.3, -0.25) is 0 Å². The van der Waals surface area contributed by atoms with E-state index in [1.54, 1.807) is 11.3 Å². The van der Waals surface area contributed by atoms with E-state index in [4.69, 9.17) is 15.0 Å². The molecule has 0 fully saturated rings. The Labute approximate surface area is 364 Å². The van der Waals surface area contributed by atoms with Crippen LogP contribution in [0.15, 0.2) is 200 Å². The second-order valence-electron chi connectivity index (χ2n) is 15.9. The van der Waals surface area contributed by atoms with Crippen LogP contribution in [0, 0.1) is 0 Å². The summed E-state index contributed by atoms with van der Waals surface area (Å²) in [7, 11) is 0. The van der Waals surface area contributed by atoms with E-state index in [1.165, 1.54) is 89.4 Å². The summed E-state index contributed by atoms with van der Waals surface area (Å²) in [5.74, 6) is 1.97. The first-order valence-electron chi connectivity index (χ1n) is 20.8. The zero-order valence-electron chi connectivity index (χ0n) is 33.2. The van der Waals surface area contributed by atoms with Gasteiger partial charge in [0.05, 0.1) is 0 Å². The van der Waals surface area contributed by atoms with Gasteiger partial charge >= 0.3 is 0 Å². The Morgan fingerprint density at radius 1 is 0.242 bits per heavy atom. The van der Waals surface area contributed by atoms with Gasteiger partial charge in [-0.1, -0.05) is 158 Å². The van der Waals surface area contributed by atoms with Crippen LogP contribution in [0.5, 0.6) is 0 Å². The molecule has 0 radical (unpaired) electrons. The molecule has 0 saturated carbocycles. The maximum atomic E-state index is 5.26. The van der Waals surface area contributed by atoms with Gasteiger partial charge in [0.25, 0.3) is 0 Å². The largest absolute Gasteiger partial charge is 0.208 e. The van der Waals surface area contributed by atoms with Crippen molar-refractivity contribution in [3.63, 3.8) is 0 Å². The number of nitrogens with zero attached hydrogens (tertiary/aromatic N) is 3. The summed E-state index contributed by atoms with van der Waals surface area (Å²) in [6.45, 7) is 0. The van der Waals surface area contributed by atoms with Gasteiger partial charge in [-0.2, -0.15) is 0 Å². The number of hydrogen-bond acceptors (Lipinski definition) is 5. The number of thiophene rings is 2. The van der Waals surface area contributed by atoms with Gasteiger partial charge < -0.3 is 0 Å². The molecule has 0 unspecified atom stereocenters. The summed E-state index contributed by atoms with van der Waals surface area (Å²) >= 11 is 3.65. The van der Waals surface area contributed by atoms with E-state index < -0.39 is 0 Å². The molecule has 288 valence electrons. The van der Waals surface area contributed by atoms with E-state index in [2.05, 4.69) is 182 Å². The number of benzene rings is 10. The minimum absolute atomic E-state index is 0.647. The molecule has 13 aromatic rings. The molecule has 0 saturated heterocycles. The zero-order valence-corrected chi connectivity index (χ0v) is 34.8. The molecule has 0 aliphatic heterocycles. The maximum absolute atomic E-state index is 5.26. The molecule has 0 aliphatic rings. The van der Waals surface area contributed by atoms with Crippen molar-refractivity contribution in [1.29, 1.82) is 0 Å². The Morgan fingerprint density at radius 2 is 0.710 bits per heavy atom. The summed E-state index contributed by atoms with van der Waals surface area (Å²) in [5, 5.41) is 12.6. The molecular formula is C57H33N3S2. The van der Waals surface area contributed by atoms with Crippen molar-refractivity contribution in [2.45, 2.75) is 0 Å². The molecule has 13 rings (SSSR count). The highest BCUT2D eigenvalue weighted by atomic mass is 32.1. The fraction of sp³-hybridized carbons (Fsp3) is 0. The first kappa shape index (κ1) is 35.2. The van der Waals surface area contributed by atoms with Crippen molar-refractivity contribution in [1.82, 2.24) is 15.0 Å². The standard InChI is InChI=1S/C57H33N3S2/c1-2-13-34(14-3-1)55-58-56(60-57(59-55)46-23-12-26-52-54(46)45-21-8-9-24-49(45)61-52)38-16-10-15-37(31-38)39-22-11-25-51-53(39)48-33-36(28-30-50(48)62-51)35-27-29-44-42-19-5-4-17-40(42)41-18-6-7-20-43(41)47(44)32-35/h1-33H. The highest BCUT2D eigenvalue weighted by molar-refractivity contribution is 7.26.